The zero-order valence-corrected chi connectivity index (χ0v) is 6.60. The van der Waals surface area contributed by atoms with Crippen molar-refractivity contribution in [2.24, 2.45) is 0 Å². The molecule has 1 aromatic heterocycles. The molecule has 0 aliphatic heterocycles. The maximum Gasteiger partial charge on any atom is 1.00 e. The predicted octanol–water partition coefficient (Wildman–Crippen LogP) is -2.17. The first kappa shape index (κ1) is 7.21. The molecular formula is C4H7N2Na. The topological polar surface area (TPSA) is 28.7 Å². The van der Waals surface area contributed by atoms with Crippen LogP contribution in [0.25, 0.3) is 0 Å². The van der Waals surface area contributed by atoms with Crippen LogP contribution in [0.3, 0.4) is 0 Å². The van der Waals surface area contributed by atoms with E-state index in [0.29, 0.717) is 0 Å². The van der Waals surface area contributed by atoms with Crippen molar-refractivity contribution in [2.75, 3.05) is 0 Å². The van der Waals surface area contributed by atoms with Crippen LogP contribution in [0, 0.1) is 6.92 Å². The summed E-state index contributed by atoms with van der Waals surface area (Å²) >= 11 is 0. The van der Waals surface area contributed by atoms with Crippen molar-refractivity contribution in [1.82, 2.24) is 9.97 Å². The van der Waals surface area contributed by atoms with Crippen LogP contribution in [0.15, 0.2) is 12.5 Å². The van der Waals surface area contributed by atoms with Crippen LogP contribution in [0.4, 0.5) is 0 Å². The number of aromatic amines is 1. The molecule has 0 aliphatic carbocycles. The van der Waals surface area contributed by atoms with Crippen molar-refractivity contribution in [3.8, 4) is 0 Å². The fourth-order valence-electron chi connectivity index (χ4n) is 0.325. The third-order valence-electron chi connectivity index (χ3n) is 0.635. The summed E-state index contributed by atoms with van der Waals surface area (Å²) in [6, 6.07) is 0. The van der Waals surface area contributed by atoms with E-state index in [1.54, 1.807) is 12.5 Å². The SMILES string of the molecule is Cc1cnc[nH]1.[H-].[Na+]. The van der Waals surface area contributed by atoms with E-state index in [4.69, 9.17) is 0 Å². The van der Waals surface area contributed by atoms with Gasteiger partial charge in [0.25, 0.3) is 0 Å². The fraction of sp³-hybridized carbons (Fsp3) is 0.250. The molecule has 0 aromatic carbocycles. The summed E-state index contributed by atoms with van der Waals surface area (Å²) in [7, 11) is 0. The number of imidazole rings is 1. The summed E-state index contributed by atoms with van der Waals surface area (Å²) in [6.07, 6.45) is 3.44. The van der Waals surface area contributed by atoms with E-state index in [2.05, 4.69) is 9.97 Å². The second-order valence-electron chi connectivity index (χ2n) is 1.23. The Bertz CT molecular complexity index is 118. The molecule has 1 rings (SSSR count). The summed E-state index contributed by atoms with van der Waals surface area (Å²) in [6.45, 7) is 1.97. The minimum atomic E-state index is 0. The number of hydrogen-bond donors (Lipinski definition) is 1. The van der Waals surface area contributed by atoms with Gasteiger partial charge in [0.15, 0.2) is 0 Å². The normalized spacial score (nSPS) is 7.57. The van der Waals surface area contributed by atoms with Gasteiger partial charge in [-0.3, -0.25) is 0 Å². The Kier molecular flexibility index (Phi) is 3.34. The molecule has 1 heterocycles. The molecular weight excluding hydrogens is 99.0 g/mol. The van der Waals surface area contributed by atoms with Gasteiger partial charge in [0.2, 0.25) is 0 Å². The van der Waals surface area contributed by atoms with E-state index >= 15 is 0 Å². The second-order valence-corrected chi connectivity index (χ2v) is 1.23. The van der Waals surface area contributed by atoms with E-state index in [-0.39, 0.29) is 31.0 Å². The molecule has 0 bridgehead atoms. The van der Waals surface area contributed by atoms with Gasteiger partial charge in [-0.05, 0) is 6.92 Å². The van der Waals surface area contributed by atoms with Gasteiger partial charge >= 0.3 is 29.6 Å². The van der Waals surface area contributed by atoms with Crippen molar-refractivity contribution in [3.63, 3.8) is 0 Å². The molecule has 0 atom stereocenters. The monoisotopic (exact) mass is 106 g/mol. The number of H-pyrrole nitrogens is 1. The Morgan fingerprint density at radius 2 is 2.57 bits per heavy atom. The Labute approximate surface area is 66.1 Å². The second kappa shape index (κ2) is 3.24. The van der Waals surface area contributed by atoms with Gasteiger partial charge in [0.1, 0.15) is 0 Å². The molecule has 0 saturated carbocycles. The van der Waals surface area contributed by atoms with E-state index in [1.165, 1.54) is 0 Å². The smallest absolute Gasteiger partial charge is 1.00 e. The van der Waals surface area contributed by atoms with Crippen LogP contribution >= 0.6 is 0 Å². The molecule has 7 heavy (non-hydrogen) atoms. The van der Waals surface area contributed by atoms with E-state index < -0.39 is 0 Å². The summed E-state index contributed by atoms with van der Waals surface area (Å²) < 4.78 is 0. The van der Waals surface area contributed by atoms with Crippen LogP contribution in [0.5, 0.6) is 0 Å². The molecule has 0 radical (unpaired) electrons. The van der Waals surface area contributed by atoms with E-state index in [0.717, 1.165) is 5.69 Å². The molecule has 0 spiro atoms. The van der Waals surface area contributed by atoms with Gasteiger partial charge in [-0.25, -0.2) is 4.98 Å². The number of aromatic nitrogens is 2. The first-order valence-electron chi connectivity index (χ1n) is 1.84. The van der Waals surface area contributed by atoms with Gasteiger partial charge in [0.05, 0.1) is 6.33 Å². The molecule has 0 amide bonds. The number of nitrogens with zero attached hydrogens (tertiary/aromatic N) is 1. The standard InChI is InChI=1S/C4H6N2.Na.H/c1-4-2-5-3-6-4;;/h2-3H,1H3,(H,5,6);;/q;+1;-1. The van der Waals surface area contributed by atoms with Crippen molar-refractivity contribution < 1.29 is 31.0 Å². The number of nitrogens with one attached hydrogen (secondary N) is 1. The van der Waals surface area contributed by atoms with Crippen LogP contribution in [0.2, 0.25) is 0 Å². The summed E-state index contributed by atoms with van der Waals surface area (Å²) in [5.41, 5.74) is 1.11. The molecule has 0 unspecified atom stereocenters. The zero-order valence-electron chi connectivity index (χ0n) is 5.60. The average molecular weight is 106 g/mol. The number of aryl methyl sites for hydroxylation is 1. The summed E-state index contributed by atoms with van der Waals surface area (Å²) in [4.78, 5) is 6.66. The first-order chi connectivity index (χ1) is 2.89. The van der Waals surface area contributed by atoms with Crippen molar-refractivity contribution in [1.29, 1.82) is 0 Å². The van der Waals surface area contributed by atoms with Crippen molar-refractivity contribution in [3.05, 3.63) is 18.2 Å². The van der Waals surface area contributed by atoms with Gasteiger partial charge in [0, 0.05) is 11.9 Å². The zero-order chi connectivity index (χ0) is 4.41. The van der Waals surface area contributed by atoms with Gasteiger partial charge in [-0.1, -0.05) is 0 Å². The first-order valence-corrected chi connectivity index (χ1v) is 1.84. The van der Waals surface area contributed by atoms with Crippen LogP contribution in [0.1, 0.15) is 7.12 Å². The fourth-order valence-corrected chi connectivity index (χ4v) is 0.325. The summed E-state index contributed by atoms with van der Waals surface area (Å²) in [5, 5.41) is 0. The minimum Gasteiger partial charge on any atom is -1.00 e. The van der Waals surface area contributed by atoms with Crippen LogP contribution in [-0.2, 0) is 0 Å². The Morgan fingerprint density at radius 3 is 2.71 bits per heavy atom. The van der Waals surface area contributed by atoms with Gasteiger partial charge in [-0.2, -0.15) is 0 Å². The third kappa shape index (κ3) is 2.12. The van der Waals surface area contributed by atoms with Crippen molar-refractivity contribution in [2.45, 2.75) is 6.92 Å². The molecule has 1 aromatic rings. The number of hydrogen-bond acceptors (Lipinski definition) is 1. The predicted molar refractivity (Wildman–Crippen MR) is 24.4 cm³/mol. The Balaban J connectivity index is 0. The molecule has 1 N–H and O–H groups in total. The third-order valence-corrected chi connectivity index (χ3v) is 0.635. The summed E-state index contributed by atoms with van der Waals surface area (Å²) in [5.74, 6) is 0. The number of rotatable bonds is 0. The van der Waals surface area contributed by atoms with Gasteiger partial charge in [-0.15, -0.1) is 0 Å². The van der Waals surface area contributed by atoms with Crippen molar-refractivity contribution >= 4 is 0 Å². The van der Waals surface area contributed by atoms with Gasteiger partial charge < -0.3 is 6.41 Å². The molecule has 34 valence electrons. The molecule has 0 saturated heterocycles. The van der Waals surface area contributed by atoms with Crippen LogP contribution in [-0.4, -0.2) is 9.97 Å². The molecule has 3 heteroatoms. The maximum absolute atomic E-state index is 3.77. The Morgan fingerprint density at radius 1 is 1.86 bits per heavy atom. The van der Waals surface area contributed by atoms with Crippen LogP contribution < -0.4 is 29.6 Å². The maximum atomic E-state index is 3.77. The van der Waals surface area contributed by atoms with E-state index in [9.17, 15) is 0 Å². The quantitative estimate of drug-likeness (QED) is 0.375. The molecule has 0 aliphatic rings. The Hall–Kier alpha value is 0.210. The largest absolute Gasteiger partial charge is 1.00 e. The molecule has 0 fully saturated rings. The van der Waals surface area contributed by atoms with E-state index in [1.807, 2.05) is 6.92 Å². The minimum absolute atomic E-state index is 0. The molecule has 2 nitrogen and oxygen atoms in total. The average Bonchev–Trinajstić information content (AvgIpc) is 1.86.